The molecule has 8 heteroatoms. The molecule has 0 saturated carbocycles. The van der Waals surface area contributed by atoms with E-state index in [-0.39, 0.29) is 18.4 Å². The van der Waals surface area contributed by atoms with Crippen LogP contribution in [0.3, 0.4) is 0 Å². The number of nitrogens with one attached hydrogen (secondary N) is 1. The number of carbonyl (C=O) groups excluding carboxylic acids is 4. The van der Waals surface area contributed by atoms with E-state index in [2.05, 4.69) is 0 Å². The van der Waals surface area contributed by atoms with Gasteiger partial charge in [0.25, 0.3) is 11.8 Å². The topological polar surface area (TPSA) is 83.6 Å². The largest absolute Gasteiger partial charge is 0.295 e. The number of hydrogen-bond acceptors (Lipinski definition) is 4. The van der Waals surface area contributed by atoms with Gasteiger partial charge in [0.05, 0.1) is 11.1 Å². The number of aryl methyl sites for hydroxylation is 1. The van der Waals surface area contributed by atoms with Gasteiger partial charge < -0.3 is 0 Å². The molecule has 2 aliphatic heterocycles. The number of imide groups is 2. The number of carbonyl (C=O) groups is 4. The van der Waals surface area contributed by atoms with Crippen molar-refractivity contribution in [2.45, 2.75) is 25.8 Å². The highest BCUT2D eigenvalue weighted by Gasteiger charge is 2.47. The van der Waals surface area contributed by atoms with Crippen molar-refractivity contribution < 1.29 is 28.0 Å². The van der Waals surface area contributed by atoms with Crippen LogP contribution in [0.25, 0.3) is 0 Å². The number of amides is 4. The molecule has 2 heterocycles. The second kappa shape index (κ2) is 4.69. The van der Waals surface area contributed by atoms with Crippen molar-refractivity contribution in [1.82, 2.24) is 10.2 Å². The van der Waals surface area contributed by atoms with Crippen molar-refractivity contribution in [3.63, 3.8) is 0 Å². The van der Waals surface area contributed by atoms with Crippen molar-refractivity contribution in [2.75, 3.05) is 0 Å². The summed E-state index contributed by atoms with van der Waals surface area (Å²) in [6.07, 6.45) is -0.133. The molecular formula is C14H10F2N2O4. The van der Waals surface area contributed by atoms with E-state index in [0.717, 1.165) is 6.07 Å². The third-order valence-corrected chi connectivity index (χ3v) is 3.78. The molecule has 0 aliphatic carbocycles. The van der Waals surface area contributed by atoms with Gasteiger partial charge in [0.1, 0.15) is 17.7 Å². The maximum atomic E-state index is 14.1. The van der Waals surface area contributed by atoms with Gasteiger partial charge in [0.2, 0.25) is 11.8 Å². The normalized spacial score (nSPS) is 21.2. The van der Waals surface area contributed by atoms with Crippen molar-refractivity contribution in [3.8, 4) is 0 Å². The molecule has 2 aliphatic rings. The van der Waals surface area contributed by atoms with E-state index in [1.54, 1.807) is 0 Å². The van der Waals surface area contributed by atoms with E-state index in [9.17, 15) is 28.0 Å². The fourth-order valence-electron chi connectivity index (χ4n) is 2.71. The summed E-state index contributed by atoms with van der Waals surface area (Å²) in [4.78, 5) is 48.0. The van der Waals surface area contributed by atoms with Crippen LogP contribution in [0.4, 0.5) is 8.78 Å². The minimum atomic E-state index is -1.25. The SMILES string of the molecule is Cc1cc(F)c2c(c1F)C(=O)N([C@H]1CCC(=O)NC1=O)C2=O. The van der Waals surface area contributed by atoms with Crippen molar-refractivity contribution in [2.24, 2.45) is 0 Å². The summed E-state index contributed by atoms with van der Waals surface area (Å²) in [5.74, 6) is -5.47. The third kappa shape index (κ3) is 1.83. The van der Waals surface area contributed by atoms with Crippen LogP contribution in [-0.2, 0) is 9.59 Å². The van der Waals surface area contributed by atoms with Crippen molar-refractivity contribution >= 4 is 23.6 Å². The fraction of sp³-hybridized carbons (Fsp3) is 0.286. The van der Waals surface area contributed by atoms with Crippen molar-refractivity contribution in [1.29, 1.82) is 0 Å². The summed E-state index contributed by atoms with van der Waals surface area (Å²) >= 11 is 0. The van der Waals surface area contributed by atoms with E-state index in [0.29, 0.717) is 4.90 Å². The van der Waals surface area contributed by atoms with E-state index < -0.39 is 52.4 Å². The first kappa shape index (κ1) is 14.3. The summed E-state index contributed by atoms with van der Waals surface area (Å²) in [5.41, 5.74) is -1.44. The molecule has 0 aromatic heterocycles. The minimum absolute atomic E-state index is 0.0617. The molecule has 0 bridgehead atoms. The zero-order valence-corrected chi connectivity index (χ0v) is 11.4. The Labute approximate surface area is 123 Å². The molecule has 3 rings (SSSR count). The van der Waals surface area contributed by atoms with Gasteiger partial charge in [-0.3, -0.25) is 29.4 Å². The monoisotopic (exact) mass is 308 g/mol. The molecule has 1 aromatic carbocycles. The van der Waals surface area contributed by atoms with Crippen molar-refractivity contribution in [3.05, 3.63) is 34.4 Å². The summed E-state index contributed by atoms with van der Waals surface area (Å²) in [7, 11) is 0. The van der Waals surface area contributed by atoms with Gasteiger partial charge in [-0.05, 0) is 25.0 Å². The number of rotatable bonds is 1. The van der Waals surface area contributed by atoms with Gasteiger partial charge >= 0.3 is 0 Å². The van der Waals surface area contributed by atoms with Crippen LogP contribution in [0.15, 0.2) is 6.07 Å². The van der Waals surface area contributed by atoms with Crippen LogP contribution in [-0.4, -0.2) is 34.6 Å². The number of fused-ring (bicyclic) bond motifs is 1. The zero-order chi connectivity index (χ0) is 16.2. The van der Waals surface area contributed by atoms with Crippen LogP contribution >= 0.6 is 0 Å². The van der Waals surface area contributed by atoms with Gasteiger partial charge in [-0.15, -0.1) is 0 Å². The van der Waals surface area contributed by atoms with E-state index in [1.165, 1.54) is 6.92 Å². The molecule has 1 fully saturated rings. The van der Waals surface area contributed by atoms with E-state index in [4.69, 9.17) is 0 Å². The highest BCUT2D eigenvalue weighted by Crippen LogP contribution is 2.32. The maximum absolute atomic E-state index is 14.1. The first-order valence-electron chi connectivity index (χ1n) is 6.53. The Bertz CT molecular complexity index is 760. The second-order valence-corrected chi connectivity index (χ2v) is 5.19. The van der Waals surface area contributed by atoms with E-state index >= 15 is 0 Å². The minimum Gasteiger partial charge on any atom is -0.295 e. The van der Waals surface area contributed by atoms with Crippen LogP contribution in [0.5, 0.6) is 0 Å². The van der Waals surface area contributed by atoms with Gasteiger partial charge in [-0.25, -0.2) is 8.78 Å². The number of nitrogens with zero attached hydrogens (tertiary/aromatic N) is 1. The third-order valence-electron chi connectivity index (χ3n) is 3.78. The molecule has 22 heavy (non-hydrogen) atoms. The molecule has 6 nitrogen and oxygen atoms in total. The summed E-state index contributed by atoms with van der Waals surface area (Å²) in [6.45, 7) is 1.27. The number of piperidine rings is 1. The van der Waals surface area contributed by atoms with Crippen LogP contribution in [0.2, 0.25) is 0 Å². The van der Waals surface area contributed by atoms with Gasteiger partial charge in [0, 0.05) is 6.42 Å². The molecule has 1 N–H and O–H groups in total. The lowest BCUT2D eigenvalue weighted by Crippen LogP contribution is -2.54. The summed E-state index contributed by atoms with van der Waals surface area (Å²) < 4.78 is 28.0. The molecule has 4 amide bonds. The molecule has 1 atom stereocenters. The standard InChI is InChI=1S/C14H10F2N2O4/c1-5-4-6(15)9-10(11(5)16)14(22)18(13(9)21)7-2-3-8(19)17-12(7)20/h4,7H,2-3H2,1H3,(H,17,19,20)/t7-/m0/s1. The number of halogens is 2. The van der Waals surface area contributed by atoms with Crippen LogP contribution < -0.4 is 5.32 Å². The average molecular weight is 308 g/mol. The fourth-order valence-corrected chi connectivity index (χ4v) is 2.71. The molecule has 114 valence electrons. The molecule has 1 saturated heterocycles. The predicted octanol–water partition coefficient (Wildman–Crippen LogP) is 0.674. The van der Waals surface area contributed by atoms with Crippen LogP contribution in [0.1, 0.15) is 39.1 Å². The Balaban J connectivity index is 2.08. The van der Waals surface area contributed by atoms with E-state index in [1.807, 2.05) is 5.32 Å². The average Bonchev–Trinajstić information content (AvgIpc) is 2.69. The molecular weight excluding hydrogens is 298 g/mol. The Kier molecular flexibility index (Phi) is 3.05. The summed E-state index contributed by atoms with van der Waals surface area (Å²) in [5, 5.41) is 2.00. The Morgan fingerprint density at radius 2 is 1.77 bits per heavy atom. The lowest BCUT2D eigenvalue weighted by atomic mass is 10.0. The highest BCUT2D eigenvalue weighted by molar-refractivity contribution is 6.23. The first-order chi connectivity index (χ1) is 10.3. The van der Waals surface area contributed by atoms with Gasteiger partial charge in [-0.1, -0.05) is 0 Å². The summed E-state index contributed by atoms with van der Waals surface area (Å²) in [6, 6.07) is -0.419. The highest BCUT2D eigenvalue weighted by atomic mass is 19.1. The number of benzene rings is 1. The predicted molar refractivity (Wildman–Crippen MR) is 67.8 cm³/mol. The van der Waals surface area contributed by atoms with Gasteiger partial charge in [0.15, 0.2) is 0 Å². The number of hydrogen-bond donors (Lipinski definition) is 1. The molecule has 0 radical (unpaired) electrons. The zero-order valence-electron chi connectivity index (χ0n) is 11.4. The van der Waals surface area contributed by atoms with Gasteiger partial charge in [-0.2, -0.15) is 0 Å². The Hall–Kier alpha value is -2.64. The van der Waals surface area contributed by atoms with Crippen LogP contribution in [0, 0.1) is 18.6 Å². The molecule has 0 spiro atoms. The lowest BCUT2D eigenvalue weighted by molar-refractivity contribution is -0.136. The molecule has 1 aromatic rings. The molecule has 0 unspecified atom stereocenters. The maximum Gasteiger partial charge on any atom is 0.265 e. The Morgan fingerprint density at radius 1 is 1.14 bits per heavy atom. The lowest BCUT2D eigenvalue weighted by Gasteiger charge is -2.27. The first-order valence-corrected chi connectivity index (χ1v) is 6.53. The smallest absolute Gasteiger partial charge is 0.265 e. The Morgan fingerprint density at radius 3 is 2.41 bits per heavy atom. The quantitative estimate of drug-likeness (QED) is 0.773. The second-order valence-electron chi connectivity index (χ2n) is 5.19.